The fraction of sp³-hybridized carbons (Fsp3) is 0.667. The van der Waals surface area contributed by atoms with E-state index in [0.29, 0.717) is 11.5 Å². The minimum Gasteiger partial charge on any atom is -0.121 e. The lowest BCUT2D eigenvalue weighted by Gasteiger charge is -2.23. The normalized spacial score (nSPS) is 41.2. The Labute approximate surface area is 80.1 Å². The molecule has 0 aliphatic heterocycles. The Morgan fingerprint density at radius 1 is 1.30 bits per heavy atom. The highest BCUT2D eigenvalue weighted by Gasteiger charge is 2.28. The molecule has 4 heteroatoms. The van der Waals surface area contributed by atoms with Crippen molar-refractivity contribution in [3.63, 3.8) is 0 Å². The molecule has 1 aliphatic carbocycles. The van der Waals surface area contributed by atoms with Crippen LogP contribution in [0.2, 0.25) is 0 Å². The van der Waals surface area contributed by atoms with Crippen LogP contribution in [0, 0.1) is 0 Å². The largest absolute Gasteiger partial charge is 0.121 e. The second-order valence-corrected chi connectivity index (χ2v) is 4.28. The summed E-state index contributed by atoms with van der Waals surface area (Å²) < 4.78 is 0. The van der Waals surface area contributed by atoms with Crippen molar-refractivity contribution in [2.24, 2.45) is 0 Å². The van der Waals surface area contributed by atoms with Crippen LogP contribution in [0.25, 0.3) is 0 Å². The lowest BCUT2D eigenvalue weighted by Crippen LogP contribution is -2.28. The molecule has 0 bridgehead atoms. The van der Waals surface area contributed by atoms with E-state index in [9.17, 15) is 0 Å². The molecule has 0 aromatic rings. The molecule has 0 unspecified atom stereocenters. The van der Waals surface area contributed by atoms with Crippen molar-refractivity contribution in [1.82, 2.24) is 0 Å². The molecule has 0 amide bonds. The summed E-state index contributed by atoms with van der Waals surface area (Å²) in [5.74, 6) is 0. The van der Waals surface area contributed by atoms with Gasteiger partial charge in [-0.05, 0) is 0 Å². The maximum Gasteiger partial charge on any atom is 0.0708 e. The highest BCUT2D eigenvalue weighted by Crippen LogP contribution is 2.31. The first-order valence-electron chi connectivity index (χ1n) is 2.89. The number of halogens is 4. The molecule has 10 heavy (non-hydrogen) atoms. The first kappa shape index (κ1) is 8.99. The van der Waals surface area contributed by atoms with Crippen molar-refractivity contribution < 1.29 is 0 Å². The fourth-order valence-corrected chi connectivity index (χ4v) is 2.16. The van der Waals surface area contributed by atoms with Crippen LogP contribution in [0.1, 0.15) is 6.42 Å². The molecule has 1 rings (SSSR count). The van der Waals surface area contributed by atoms with Gasteiger partial charge in [0.05, 0.1) is 16.1 Å². The zero-order chi connectivity index (χ0) is 7.72. The van der Waals surface area contributed by atoms with E-state index in [1.165, 1.54) is 0 Å². The molecule has 0 heterocycles. The zero-order valence-electron chi connectivity index (χ0n) is 5.03. The molecule has 0 aromatic heterocycles. The third kappa shape index (κ3) is 1.94. The number of rotatable bonds is 0. The van der Waals surface area contributed by atoms with Gasteiger partial charge < -0.3 is 0 Å². The van der Waals surface area contributed by atoms with Gasteiger partial charge in [0.25, 0.3) is 0 Å². The second-order valence-electron chi connectivity index (χ2n) is 2.22. The van der Waals surface area contributed by atoms with E-state index < -0.39 is 0 Å². The molecule has 0 aromatic carbocycles. The van der Waals surface area contributed by atoms with E-state index in [1.807, 2.05) is 0 Å². The van der Waals surface area contributed by atoms with Crippen molar-refractivity contribution in [3.8, 4) is 0 Å². The molecule has 0 N–H and O–H groups in total. The Balaban J connectivity index is 2.69. The Kier molecular flexibility index (Phi) is 3.18. The predicted octanol–water partition coefficient (Wildman–Crippen LogP) is 3.34. The second kappa shape index (κ2) is 3.53. The molecule has 58 valence electrons. The molecular formula is C6H6Cl4. The van der Waals surface area contributed by atoms with Crippen LogP contribution in [-0.2, 0) is 0 Å². The third-order valence-electron chi connectivity index (χ3n) is 1.38. The summed E-state index contributed by atoms with van der Waals surface area (Å²) in [6.45, 7) is 0. The zero-order valence-corrected chi connectivity index (χ0v) is 8.05. The highest BCUT2D eigenvalue weighted by atomic mass is 35.5. The quantitative estimate of drug-likeness (QED) is 0.549. The van der Waals surface area contributed by atoms with E-state index in [0.717, 1.165) is 0 Å². The molecule has 0 spiro atoms. The van der Waals surface area contributed by atoms with Crippen molar-refractivity contribution in [1.29, 1.82) is 0 Å². The van der Waals surface area contributed by atoms with Crippen molar-refractivity contribution in [2.75, 3.05) is 0 Å². The monoisotopic (exact) mass is 218 g/mol. The number of hydrogen-bond donors (Lipinski definition) is 0. The molecule has 1 aliphatic rings. The minimum atomic E-state index is -0.231. The average molecular weight is 220 g/mol. The van der Waals surface area contributed by atoms with Crippen LogP contribution >= 0.6 is 46.4 Å². The van der Waals surface area contributed by atoms with Crippen molar-refractivity contribution in [3.05, 3.63) is 11.1 Å². The molecule has 0 radical (unpaired) electrons. The van der Waals surface area contributed by atoms with Crippen LogP contribution in [-0.4, -0.2) is 16.1 Å². The van der Waals surface area contributed by atoms with Crippen molar-refractivity contribution in [2.45, 2.75) is 22.6 Å². The van der Waals surface area contributed by atoms with Gasteiger partial charge in [-0.15, -0.1) is 34.8 Å². The van der Waals surface area contributed by atoms with Gasteiger partial charge >= 0.3 is 0 Å². The topological polar surface area (TPSA) is 0 Å². The smallest absolute Gasteiger partial charge is 0.0708 e. The van der Waals surface area contributed by atoms with Gasteiger partial charge in [-0.3, -0.25) is 0 Å². The Hall–Kier alpha value is 0.900. The predicted molar refractivity (Wildman–Crippen MR) is 47.5 cm³/mol. The summed E-state index contributed by atoms with van der Waals surface area (Å²) in [6.07, 6.45) is 2.36. The maximum absolute atomic E-state index is 5.82. The maximum atomic E-state index is 5.82. The van der Waals surface area contributed by atoms with E-state index in [4.69, 9.17) is 46.4 Å². The molecule has 3 atom stereocenters. The Morgan fingerprint density at radius 2 is 1.90 bits per heavy atom. The highest BCUT2D eigenvalue weighted by molar-refractivity contribution is 6.38. The van der Waals surface area contributed by atoms with E-state index in [1.54, 1.807) is 6.08 Å². The molecule has 0 saturated heterocycles. The van der Waals surface area contributed by atoms with Gasteiger partial charge in [0.15, 0.2) is 0 Å². The van der Waals surface area contributed by atoms with Gasteiger partial charge in [0, 0.05) is 11.5 Å². The molecular weight excluding hydrogens is 214 g/mol. The SMILES string of the molecule is ClC1=C[C@@H](Cl)[C@H](Cl)[C@H](Cl)C1. The Bertz CT molecular complexity index is 154. The summed E-state index contributed by atoms with van der Waals surface area (Å²) in [5, 5.41) is 0.134. The van der Waals surface area contributed by atoms with E-state index in [-0.39, 0.29) is 16.1 Å². The minimum absolute atomic E-state index is 0.137. The third-order valence-corrected chi connectivity index (χ3v) is 3.32. The standard InChI is InChI=1S/C6H6Cl4/c7-3-1-4(8)6(10)5(9)2-3/h1,4-6H,2H2/t4-,5-,6+/m1/s1. The average Bonchev–Trinajstić information content (AvgIpc) is 1.82. The van der Waals surface area contributed by atoms with Gasteiger partial charge in [-0.1, -0.05) is 17.7 Å². The van der Waals surface area contributed by atoms with E-state index in [2.05, 4.69) is 0 Å². The summed E-state index contributed by atoms with van der Waals surface area (Å²) in [4.78, 5) is 0. The summed E-state index contributed by atoms with van der Waals surface area (Å²) in [6, 6.07) is 0. The lowest BCUT2D eigenvalue weighted by atomic mass is 10.1. The van der Waals surface area contributed by atoms with Gasteiger partial charge in [0.1, 0.15) is 0 Å². The number of alkyl halides is 3. The lowest BCUT2D eigenvalue weighted by molar-refractivity contribution is 0.745. The summed E-state index contributed by atoms with van der Waals surface area (Å²) in [5.41, 5.74) is 0. The molecule has 0 nitrogen and oxygen atoms in total. The van der Waals surface area contributed by atoms with Crippen LogP contribution < -0.4 is 0 Å². The van der Waals surface area contributed by atoms with Crippen LogP contribution in [0.4, 0.5) is 0 Å². The van der Waals surface area contributed by atoms with Gasteiger partial charge in [-0.25, -0.2) is 0 Å². The summed E-state index contributed by atoms with van der Waals surface area (Å²) >= 11 is 23.1. The first-order valence-corrected chi connectivity index (χ1v) is 4.58. The van der Waals surface area contributed by atoms with E-state index >= 15 is 0 Å². The van der Waals surface area contributed by atoms with Gasteiger partial charge in [-0.2, -0.15) is 0 Å². The molecule has 0 saturated carbocycles. The first-order chi connectivity index (χ1) is 4.61. The number of hydrogen-bond acceptors (Lipinski definition) is 0. The van der Waals surface area contributed by atoms with Crippen molar-refractivity contribution >= 4 is 46.4 Å². The van der Waals surface area contributed by atoms with Gasteiger partial charge in [0.2, 0.25) is 0 Å². The Morgan fingerprint density at radius 3 is 2.40 bits per heavy atom. The summed E-state index contributed by atoms with van der Waals surface area (Å²) in [7, 11) is 0. The van der Waals surface area contributed by atoms with Crippen LogP contribution in [0.5, 0.6) is 0 Å². The van der Waals surface area contributed by atoms with Crippen LogP contribution in [0.3, 0.4) is 0 Å². The molecule has 0 fully saturated rings. The number of allylic oxidation sites excluding steroid dienone is 2. The fourth-order valence-electron chi connectivity index (χ4n) is 0.831. The van der Waals surface area contributed by atoms with Crippen LogP contribution in [0.15, 0.2) is 11.1 Å².